The maximum absolute atomic E-state index is 8.64. The normalized spacial score (nSPS) is 5.69. The van der Waals surface area contributed by atoms with Gasteiger partial charge in [0.25, 0.3) is 6.47 Å². The maximum atomic E-state index is 8.64. The van der Waals surface area contributed by atoms with Gasteiger partial charge in [0, 0.05) is 18.6 Å². The molecule has 7 nitrogen and oxygen atoms in total. The quantitative estimate of drug-likeness (QED) is 0.0712. The number of hydrogen-bond donors (Lipinski definition) is 0. The van der Waals surface area contributed by atoms with Gasteiger partial charge in [0.15, 0.2) is 0 Å². The number of methoxy groups -OCH3 is 1. The van der Waals surface area contributed by atoms with Crippen LogP contribution >= 0.6 is 0 Å². The van der Waals surface area contributed by atoms with Crippen molar-refractivity contribution in [2.24, 2.45) is 5.11 Å². The SMILES string of the molecule is COCCN=[N+]=[N-].O=CO[O-].[H-].[K+].[K+]. The van der Waals surface area contributed by atoms with Gasteiger partial charge in [0.2, 0.25) is 0 Å². The Morgan fingerprint density at radius 1 is 1.69 bits per heavy atom. The first-order valence-electron chi connectivity index (χ1n) is 2.55. The summed E-state index contributed by atoms with van der Waals surface area (Å²) in [7, 11) is 1.56. The van der Waals surface area contributed by atoms with E-state index in [4.69, 9.17) is 15.6 Å². The first kappa shape index (κ1) is 24.3. The third kappa shape index (κ3) is 41.2. The molecule has 0 bridgehead atoms. The van der Waals surface area contributed by atoms with E-state index in [1.54, 1.807) is 7.11 Å². The van der Waals surface area contributed by atoms with Crippen molar-refractivity contribution in [3.63, 3.8) is 0 Å². The number of azide groups is 1. The Labute approximate surface area is 162 Å². The van der Waals surface area contributed by atoms with Crippen LogP contribution in [0.25, 0.3) is 10.4 Å². The summed E-state index contributed by atoms with van der Waals surface area (Å²) in [5.41, 5.74) is 7.70. The minimum absolute atomic E-state index is 0. The van der Waals surface area contributed by atoms with Crippen LogP contribution in [-0.4, -0.2) is 26.7 Å². The van der Waals surface area contributed by atoms with Crippen LogP contribution in [0.2, 0.25) is 0 Å². The molecule has 66 valence electrons. The molecule has 0 radical (unpaired) electrons. The average molecular weight is 241 g/mol. The number of rotatable bonds is 4. The zero-order valence-electron chi connectivity index (χ0n) is 8.97. The van der Waals surface area contributed by atoms with Crippen molar-refractivity contribution in [3.8, 4) is 0 Å². The Hall–Kier alpha value is 1.97. The molecule has 0 amide bonds. The van der Waals surface area contributed by atoms with E-state index in [0.717, 1.165) is 0 Å². The van der Waals surface area contributed by atoms with Crippen molar-refractivity contribution < 1.29 is 124 Å². The summed E-state index contributed by atoms with van der Waals surface area (Å²) in [6.45, 7) is 0.747. The van der Waals surface area contributed by atoms with E-state index >= 15 is 0 Å². The van der Waals surface area contributed by atoms with Gasteiger partial charge < -0.3 is 16.3 Å². The van der Waals surface area contributed by atoms with Crippen molar-refractivity contribution in [2.75, 3.05) is 20.3 Å². The summed E-state index contributed by atoms with van der Waals surface area (Å²) in [5.74, 6) is 0. The van der Waals surface area contributed by atoms with Crippen molar-refractivity contribution in [1.82, 2.24) is 0 Å². The molecule has 0 heterocycles. The minimum atomic E-state index is -0.181. The molecule has 0 aliphatic rings. The Morgan fingerprint density at radius 3 is 2.38 bits per heavy atom. The summed E-state index contributed by atoms with van der Waals surface area (Å²) >= 11 is 0. The molecular weight excluding hydrogens is 232 g/mol. The molecule has 0 N–H and O–H groups in total. The third-order valence-electron chi connectivity index (χ3n) is 0.498. The molecule has 0 atom stereocenters. The molecule has 0 aliphatic carbocycles. The standard InChI is InChI=1S/C3H7N3O.CH2O3.2K.H/c1-7-3-2-5-6-4;2-1-4-3;;;/h2-3H2,1H3;1,3H;;;/q;;2*+1;-1/p-1. The molecule has 9 heteroatoms. The Kier molecular flexibility index (Phi) is 54.5. The Bertz CT molecular complexity index is 136. The fourth-order valence-corrected chi connectivity index (χ4v) is 0.177. The maximum Gasteiger partial charge on any atom is 1.00 e. The van der Waals surface area contributed by atoms with Gasteiger partial charge in [-0.25, -0.2) is 0 Å². The Balaban J connectivity index is -0.0000000347. The smallest absolute Gasteiger partial charge is 1.00 e. The van der Waals surface area contributed by atoms with E-state index in [1.165, 1.54) is 0 Å². The van der Waals surface area contributed by atoms with Gasteiger partial charge in [-0.3, -0.25) is 4.79 Å². The van der Waals surface area contributed by atoms with E-state index in [-0.39, 0.29) is 111 Å². The van der Waals surface area contributed by atoms with Crippen LogP contribution in [0.15, 0.2) is 5.11 Å². The molecule has 13 heavy (non-hydrogen) atoms. The number of carbonyl (C=O) groups excluding carboxylic acids is 1. The van der Waals surface area contributed by atoms with E-state index in [0.29, 0.717) is 13.2 Å². The second-order valence-electron chi connectivity index (χ2n) is 1.14. The first-order chi connectivity index (χ1) is 5.33. The average Bonchev–Trinajstić information content (AvgIpc) is 2.06. The van der Waals surface area contributed by atoms with Crippen molar-refractivity contribution >= 4 is 6.47 Å². The van der Waals surface area contributed by atoms with Crippen LogP contribution in [0.3, 0.4) is 0 Å². The van der Waals surface area contributed by atoms with Crippen LogP contribution in [-0.2, 0) is 14.4 Å². The fraction of sp³-hybridized carbons (Fsp3) is 0.750. The second kappa shape index (κ2) is 29.2. The zero-order valence-corrected chi connectivity index (χ0v) is 14.2. The molecule has 0 aromatic rings. The molecule has 0 aromatic heterocycles. The summed E-state index contributed by atoms with van der Waals surface area (Å²) in [6.07, 6.45) is 0. The molecule has 0 fully saturated rings. The van der Waals surface area contributed by atoms with Gasteiger partial charge >= 0.3 is 103 Å². The van der Waals surface area contributed by atoms with Crippen LogP contribution in [0, 0.1) is 0 Å². The predicted molar refractivity (Wildman–Crippen MR) is 34.1 cm³/mol. The molecule has 0 saturated heterocycles. The molecule has 0 spiro atoms. The van der Waals surface area contributed by atoms with Crippen LogP contribution in [0.5, 0.6) is 0 Å². The summed E-state index contributed by atoms with van der Waals surface area (Å²) in [4.78, 5) is 13.8. The van der Waals surface area contributed by atoms with Gasteiger partial charge in [-0.15, -0.1) is 0 Å². The van der Waals surface area contributed by atoms with Gasteiger partial charge in [0.05, 0.1) is 6.61 Å². The third-order valence-corrected chi connectivity index (χ3v) is 0.498. The molecule has 0 rings (SSSR count). The first-order valence-corrected chi connectivity index (χ1v) is 2.55. The van der Waals surface area contributed by atoms with E-state index < -0.39 is 0 Å². The summed E-state index contributed by atoms with van der Waals surface area (Å²) in [5, 5.41) is 11.6. The van der Waals surface area contributed by atoms with E-state index in [1.807, 2.05) is 0 Å². The summed E-state index contributed by atoms with van der Waals surface area (Å²) in [6, 6.07) is 0. The Morgan fingerprint density at radius 2 is 2.15 bits per heavy atom. The zero-order chi connectivity index (χ0) is 8.95. The van der Waals surface area contributed by atoms with Gasteiger partial charge in [-0.1, -0.05) is 5.11 Å². The van der Waals surface area contributed by atoms with E-state index in [2.05, 4.69) is 19.7 Å². The van der Waals surface area contributed by atoms with Crippen molar-refractivity contribution in [1.29, 1.82) is 0 Å². The fourth-order valence-electron chi connectivity index (χ4n) is 0.177. The van der Waals surface area contributed by atoms with Gasteiger partial charge in [0.1, 0.15) is 0 Å². The molecular formula is C4H9K2N3O4. The number of carbonyl (C=O) groups is 1. The van der Waals surface area contributed by atoms with Crippen molar-refractivity contribution in [2.45, 2.75) is 0 Å². The topological polar surface area (TPSA) is 107 Å². The number of ether oxygens (including phenoxy) is 1. The van der Waals surface area contributed by atoms with Crippen LogP contribution in [0.1, 0.15) is 1.43 Å². The number of hydrogen-bond acceptors (Lipinski definition) is 5. The van der Waals surface area contributed by atoms with Crippen LogP contribution < -0.4 is 108 Å². The largest absolute Gasteiger partial charge is 1.00 e. The van der Waals surface area contributed by atoms with E-state index in [9.17, 15) is 0 Å². The van der Waals surface area contributed by atoms with Crippen molar-refractivity contribution in [3.05, 3.63) is 10.4 Å². The second-order valence-corrected chi connectivity index (χ2v) is 1.14. The number of nitrogens with zero attached hydrogens (tertiary/aromatic N) is 3. The monoisotopic (exact) mass is 241 g/mol. The van der Waals surface area contributed by atoms with Gasteiger partial charge in [-0.2, -0.15) is 0 Å². The predicted octanol–water partition coefficient (Wildman–Crippen LogP) is -6.50. The minimum Gasteiger partial charge on any atom is -1.00 e. The molecule has 0 unspecified atom stereocenters. The molecule has 0 aliphatic heterocycles. The molecule has 0 aromatic carbocycles. The van der Waals surface area contributed by atoms with Crippen LogP contribution in [0.4, 0.5) is 0 Å². The molecule has 0 saturated carbocycles. The summed E-state index contributed by atoms with van der Waals surface area (Å²) < 4.78 is 4.58. The van der Waals surface area contributed by atoms with Gasteiger partial charge in [-0.05, 0) is 5.53 Å².